The van der Waals surface area contributed by atoms with Crippen LogP contribution in [0.15, 0.2) is 37.1 Å². The number of likely N-dealkylation sites (tertiary alicyclic amines) is 1. The van der Waals surface area contributed by atoms with Crippen molar-refractivity contribution in [2.24, 2.45) is 0 Å². The third-order valence-electron chi connectivity index (χ3n) is 2.41. The summed E-state index contributed by atoms with van der Waals surface area (Å²) in [6.07, 6.45) is 8.40. The van der Waals surface area contributed by atoms with Crippen molar-refractivity contribution in [2.45, 2.75) is 19.3 Å². The number of hydrogen-bond donors (Lipinski definition) is 1. The highest BCUT2D eigenvalue weighted by molar-refractivity contribution is 5.76. The molecule has 1 saturated heterocycles. The molecule has 1 fully saturated rings. The molecule has 0 aromatic carbocycles. The first kappa shape index (κ1) is 11.6. The molecule has 0 unspecified atom stereocenters. The molecule has 1 aliphatic rings. The number of rotatable bonds is 3. The van der Waals surface area contributed by atoms with E-state index in [9.17, 15) is 4.79 Å². The first-order valence-electron chi connectivity index (χ1n) is 5.29. The van der Waals surface area contributed by atoms with E-state index in [0.29, 0.717) is 5.70 Å². The van der Waals surface area contributed by atoms with E-state index in [1.165, 1.54) is 6.42 Å². The Hall–Kier alpha value is -1.51. The van der Waals surface area contributed by atoms with E-state index in [1.807, 2.05) is 4.90 Å². The molecule has 0 aliphatic carbocycles. The number of nitrogens with zero attached hydrogens (tertiary/aromatic N) is 1. The maximum atomic E-state index is 11.7. The van der Waals surface area contributed by atoms with Crippen molar-refractivity contribution in [3.05, 3.63) is 37.1 Å². The molecular weight excluding hydrogens is 188 g/mol. The monoisotopic (exact) mass is 206 g/mol. The first-order valence-corrected chi connectivity index (χ1v) is 5.29. The molecule has 1 N–H and O–H groups in total. The molecule has 15 heavy (non-hydrogen) atoms. The van der Waals surface area contributed by atoms with Crippen LogP contribution in [0.2, 0.25) is 0 Å². The summed E-state index contributed by atoms with van der Waals surface area (Å²) in [6, 6.07) is -0.0392. The van der Waals surface area contributed by atoms with Crippen molar-refractivity contribution in [1.82, 2.24) is 10.2 Å². The molecule has 0 aromatic rings. The molecule has 3 nitrogen and oxygen atoms in total. The van der Waals surface area contributed by atoms with Crippen LogP contribution in [-0.2, 0) is 0 Å². The van der Waals surface area contributed by atoms with Crippen molar-refractivity contribution >= 4 is 6.03 Å². The molecule has 1 rings (SSSR count). The second-order valence-corrected chi connectivity index (χ2v) is 3.54. The van der Waals surface area contributed by atoms with Gasteiger partial charge in [-0.25, -0.2) is 4.79 Å². The molecule has 2 amide bonds. The Labute approximate surface area is 91.2 Å². The summed E-state index contributed by atoms with van der Waals surface area (Å²) in [5.74, 6) is 0. The van der Waals surface area contributed by atoms with Gasteiger partial charge in [-0.1, -0.05) is 19.2 Å². The quantitative estimate of drug-likeness (QED) is 0.707. The van der Waals surface area contributed by atoms with Crippen LogP contribution in [0.5, 0.6) is 0 Å². The standard InChI is InChI=1S/C12H18N2O/c1-3-8-11(4-2)13-12(15)14-9-6-5-7-10-14/h3-4,8H,1-2,5-7,9-10H2,(H,13,15)/b11-8+. The van der Waals surface area contributed by atoms with Gasteiger partial charge in [0.05, 0.1) is 0 Å². The van der Waals surface area contributed by atoms with Gasteiger partial charge in [0.2, 0.25) is 0 Å². The zero-order valence-electron chi connectivity index (χ0n) is 9.04. The topological polar surface area (TPSA) is 32.3 Å². The van der Waals surface area contributed by atoms with Gasteiger partial charge in [-0.15, -0.1) is 0 Å². The fraction of sp³-hybridized carbons (Fsp3) is 0.417. The lowest BCUT2D eigenvalue weighted by Crippen LogP contribution is -2.42. The SMILES string of the molecule is C=C/C=C(\C=C)NC(=O)N1CCCCC1. The van der Waals surface area contributed by atoms with Gasteiger partial charge in [-0.3, -0.25) is 0 Å². The molecule has 0 atom stereocenters. The van der Waals surface area contributed by atoms with Crippen LogP contribution < -0.4 is 5.32 Å². The Bertz CT molecular complexity index is 275. The smallest absolute Gasteiger partial charge is 0.321 e. The van der Waals surface area contributed by atoms with Crippen molar-refractivity contribution in [3.8, 4) is 0 Å². The lowest BCUT2D eigenvalue weighted by Gasteiger charge is -2.26. The van der Waals surface area contributed by atoms with Gasteiger partial charge < -0.3 is 10.2 Å². The minimum Gasteiger partial charge on any atom is -0.325 e. The molecule has 1 aliphatic heterocycles. The highest BCUT2D eigenvalue weighted by Gasteiger charge is 2.15. The minimum atomic E-state index is -0.0392. The lowest BCUT2D eigenvalue weighted by atomic mass is 10.1. The molecular formula is C12H18N2O. The van der Waals surface area contributed by atoms with E-state index in [2.05, 4.69) is 18.5 Å². The molecule has 3 heteroatoms. The van der Waals surface area contributed by atoms with E-state index in [4.69, 9.17) is 0 Å². The zero-order valence-corrected chi connectivity index (χ0v) is 9.04. The van der Waals surface area contributed by atoms with E-state index < -0.39 is 0 Å². The highest BCUT2D eigenvalue weighted by atomic mass is 16.2. The summed E-state index contributed by atoms with van der Waals surface area (Å²) in [6.45, 7) is 8.91. The third-order valence-corrected chi connectivity index (χ3v) is 2.41. The molecule has 82 valence electrons. The number of amides is 2. The molecule has 0 saturated carbocycles. The second kappa shape index (κ2) is 6.06. The van der Waals surface area contributed by atoms with E-state index >= 15 is 0 Å². The van der Waals surface area contributed by atoms with Gasteiger partial charge in [0.15, 0.2) is 0 Å². The number of carbonyl (C=O) groups is 1. The highest BCUT2D eigenvalue weighted by Crippen LogP contribution is 2.08. The Morgan fingerprint density at radius 1 is 1.20 bits per heavy atom. The number of hydrogen-bond acceptors (Lipinski definition) is 1. The fourth-order valence-electron chi connectivity index (χ4n) is 1.59. The summed E-state index contributed by atoms with van der Waals surface area (Å²) in [5.41, 5.74) is 0.695. The maximum Gasteiger partial charge on any atom is 0.321 e. The minimum absolute atomic E-state index is 0.0392. The molecule has 0 spiro atoms. The summed E-state index contributed by atoms with van der Waals surface area (Å²) < 4.78 is 0. The van der Waals surface area contributed by atoms with Crippen molar-refractivity contribution < 1.29 is 4.79 Å². The Morgan fingerprint density at radius 3 is 2.40 bits per heavy atom. The largest absolute Gasteiger partial charge is 0.325 e. The fourth-order valence-corrected chi connectivity index (χ4v) is 1.59. The Balaban J connectivity index is 2.49. The van der Waals surface area contributed by atoms with Crippen molar-refractivity contribution in [3.63, 3.8) is 0 Å². The zero-order chi connectivity index (χ0) is 11.1. The van der Waals surface area contributed by atoms with Gasteiger partial charge in [-0.2, -0.15) is 0 Å². The van der Waals surface area contributed by atoms with E-state index in [1.54, 1.807) is 18.2 Å². The average Bonchev–Trinajstić information content (AvgIpc) is 2.29. The van der Waals surface area contributed by atoms with Crippen molar-refractivity contribution in [2.75, 3.05) is 13.1 Å². The third kappa shape index (κ3) is 3.62. The van der Waals surface area contributed by atoms with E-state index in [-0.39, 0.29) is 6.03 Å². The van der Waals surface area contributed by atoms with Gasteiger partial charge in [-0.05, 0) is 31.4 Å². The lowest BCUT2D eigenvalue weighted by molar-refractivity contribution is 0.189. The normalized spacial score (nSPS) is 17.1. The predicted molar refractivity (Wildman–Crippen MR) is 62.4 cm³/mol. The molecule has 1 heterocycles. The number of piperidine rings is 1. The van der Waals surface area contributed by atoms with Crippen LogP contribution in [0.1, 0.15) is 19.3 Å². The predicted octanol–water partition coefficient (Wildman–Crippen LogP) is 2.44. The van der Waals surface area contributed by atoms with Crippen LogP contribution >= 0.6 is 0 Å². The molecule has 0 aromatic heterocycles. The summed E-state index contributed by atoms with van der Waals surface area (Å²) in [4.78, 5) is 13.6. The van der Waals surface area contributed by atoms with Gasteiger partial charge in [0.25, 0.3) is 0 Å². The van der Waals surface area contributed by atoms with Crippen LogP contribution in [0.3, 0.4) is 0 Å². The molecule has 0 radical (unpaired) electrons. The number of nitrogens with one attached hydrogen (secondary N) is 1. The van der Waals surface area contributed by atoms with Crippen LogP contribution in [0.25, 0.3) is 0 Å². The van der Waals surface area contributed by atoms with Gasteiger partial charge in [0, 0.05) is 18.8 Å². The number of allylic oxidation sites excluding steroid dienone is 3. The maximum absolute atomic E-state index is 11.7. The second-order valence-electron chi connectivity index (χ2n) is 3.54. The van der Waals surface area contributed by atoms with Crippen LogP contribution in [0.4, 0.5) is 4.79 Å². The average molecular weight is 206 g/mol. The summed E-state index contributed by atoms with van der Waals surface area (Å²) >= 11 is 0. The number of carbonyl (C=O) groups excluding carboxylic acids is 1. The van der Waals surface area contributed by atoms with E-state index in [0.717, 1.165) is 25.9 Å². The summed E-state index contributed by atoms with van der Waals surface area (Å²) in [5, 5.41) is 2.80. The first-order chi connectivity index (χ1) is 7.27. The van der Waals surface area contributed by atoms with Gasteiger partial charge in [0.1, 0.15) is 0 Å². The Morgan fingerprint density at radius 2 is 1.87 bits per heavy atom. The van der Waals surface area contributed by atoms with Crippen LogP contribution in [0, 0.1) is 0 Å². The van der Waals surface area contributed by atoms with Crippen molar-refractivity contribution in [1.29, 1.82) is 0 Å². The summed E-state index contributed by atoms with van der Waals surface area (Å²) in [7, 11) is 0. The van der Waals surface area contributed by atoms with Crippen LogP contribution in [-0.4, -0.2) is 24.0 Å². The number of urea groups is 1. The van der Waals surface area contributed by atoms with Gasteiger partial charge >= 0.3 is 6.03 Å². The Kier molecular flexibility index (Phi) is 4.68. The molecule has 0 bridgehead atoms.